The van der Waals surface area contributed by atoms with Crippen molar-refractivity contribution in [2.24, 2.45) is 0 Å². The first-order valence-electron chi connectivity index (χ1n) is 16.7. The molecule has 1 atom stereocenters. The van der Waals surface area contributed by atoms with Crippen molar-refractivity contribution < 1.29 is 23.5 Å². The zero-order chi connectivity index (χ0) is 33.0. The van der Waals surface area contributed by atoms with E-state index in [1.165, 1.54) is 24.5 Å². The van der Waals surface area contributed by atoms with Gasteiger partial charge >= 0.3 is 0 Å². The van der Waals surface area contributed by atoms with Crippen LogP contribution in [0.5, 0.6) is 5.75 Å². The Hall–Kier alpha value is -4.30. The number of piperazine rings is 1. The molecule has 4 aliphatic heterocycles. The number of methoxy groups -OCH3 is 1. The van der Waals surface area contributed by atoms with Gasteiger partial charge in [-0.15, -0.1) is 0 Å². The number of nitrogens with zero attached hydrogens (tertiary/aromatic N) is 6. The number of anilines is 5. The molecule has 7 rings (SSSR count). The van der Waals surface area contributed by atoms with Crippen LogP contribution >= 0.6 is 0 Å². The molecule has 4 aliphatic rings. The first-order chi connectivity index (χ1) is 23.5. The minimum absolute atomic E-state index is 0.112. The van der Waals surface area contributed by atoms with E-state index in [2.05, 4.69) is 41.9 Å². The SMILES string of the molecule is C=CC(=O)Nc1cc(Nc2cc(N3OCC[C@@H]3c3ccc(F)cc3)ncn2)c(OC)cc1N1CCC(N2CCN(C3COC3)CC2)CC1. The number of carbonyl (C=O) groups excluding carboxylic acids is 1. The minimum atomic E-state index is -0.292. The van der Waals surface area contributed by atoms with Crippen LogP contribution < -0.4 is 25.3 Å². The fourth-order valence-corrected chi connectivity index (χ4v) is 7.11. The second kappa shape index (κ2) is 14.4. The smallest absolute Gasteiger partial charge is 0.247 e. The van der Waals surface area contributed by atoms with E-state index in [1.54, 1.807) is 30.4 Å². The predicted octanol–water partition coefficient (Wildman–Crippen LogP) is 4.36. The first kappa shape index (κ1) is 32.3. The highest BCUT2D eigenvalue weighted by Crippen LogP contribution is 2.40. The lowest BCUT2D eigenvalue weighted by Gasteiger charge is -2.46. The molecule has 0 bridgehead atoms. The molecule has 13 heteroatoms. The largest absolute Gasteiger partial charge is 0.494 e. The molecule has 3 aromatic rings. The van der Waals surface area contributed by atoms with Gasteiger partial charge < -0.3 is 25.0 Å². The number of halogens is 1. The zero-order valence-electron chi connectivity index (χ0n) is 27.3. The summed E-state index contributed by atoms with van der Waals surface area (Å²) in [5, 5.41) is 8.11. The number of rotatable bonds is 10. The van der Waals surface area contributed by atoms with Gasteiger partial charge in [-0.1, -0.05) is 18.7 Å². The lowest BCUT2D eigenvalue weighted by atomic mass is 10.0. The molecule has 254 valence electrons. The number of hydrogen-bond donors (Lipinski definition) is 2. The van der Waals surface area contributed by atoms with Crippen molar-refractivity contribution in [3.05, 3.63) is 72.8 Å². The fourth-order valence-electron chi connectivity index (χ4n) is 7.11. The van der Waals surface area contributed by atoms with Gasteiger partial charge in [-0.3, -0.25) is 19.4 Å². The summed E-state index contributed by atoms with van der Waals surface area (Å²) >= 11 is 0. The van der Waals surface area contributed by atoms with Crippen molar-refractivity contribution >= 4 is 34.6 Å². The standard InChI is InChI=1S/C35H43FN8O4/c1-3-35(45)40-28-18-29(39-33-20-34(38-23-37-33)44-30(10-17-48-44)24-4-6-25(36)7-5-24)32(46-2)19-31(28)43-11-8-26(9-12-43)41-13-15-42(16-14-41)27-21-47-22-27/h3-7,18-20,23,26-27,30H,1,8-17,21-22H2,2H3,(H,40,45)(H,37,38,39)/t30-/m1/s1. The summed E-state index contributed by atoms with van der Waals surface area (Å²) in [4.78, 5) is 35.0. The molecule has 0 unspecified atom stereocenters. The lowest BCUT2D eigenvalue weighted by Crippen LogP contribution is -2.59. The van der Waals surface area contributed by atoms with Crippen LogP contribution in [0.15, 0.2) is 61.4 Å². The topological polar surface area (TPSA) is 108 Å². The molecule has 1 aromatic heterocycles. The molecule has 0 saturated carbocycles. The quantitative estimate of drug-likeness (QED) is 0.304. The van der Waals surface area contributed by atoms with Crippen LogP contribution in [-0.2, 0) is 14.4 Å². The van der Waals surface area contributed by atoms with E-state index < -0.39 is 0 Å². The second-order valence-electron chi connectivity index (χ2n) is 12.6. The third kappa shape index (κ3) is 6.95. The Kier molecular flexibility index (Phi) is 9.71. The van der Waals surface area contributed by atoms with E-state index in [1.807, 2.05) is 12.1 Å². The number of aromatic nitrogens is 2. The molecule has 4 fully saturated rings. The van der Waals surface area contributed by atoms with Crippen LogP contribution in [0.2, 0.25) is 0 Å². The summed E-state index contributed by atoms with van der Waals surface area (Å²) < 4.78 is 24.8. The van der Waals surface area contributed by atoms with E-state index in [-0.39, 0.29) is 17.8 Å². The van der Waals surface area contributed by atoms with Crippen LogP contribution in [0.3, 0.4) is 0 Å². The number of carbonyl (C=O) groups is 1. The van der Waals surface area contributed by atoms with Crippen molar-refractivity contribution in [2.45, 2.75) is 37.4 Å². The van der Waals surface area contributed by atoms with Crippen molar-refractivity contribution in [3.63, 3.8) is 0 Å². The van der Waals surface area contributed by atoms with Crippen LogP contribution in [0.4, 0.5) is 33.1 Å². The Morgan fingerprint density at radius 2 is 1.69 bits per heavy atom. The number of ether oxygens (including phenoxy) is 2. The number of benzene rings is 2. The average Bonchev–Trinajstić information content (AvgIpc) is 3.59. The maximum Gasteiger partial charge on any atom is 0.247 e. The van der Waals surface area contributed by atoms with Crippen LogP contribution in [0, 0.1) is 5.82 Å². The van der Waals surface area contributed by atoms with Gasteiger partial charge in [0.15, 0.2) is 5.82 Å². The van der Waals surface area contributed by atoms with Crippen LogP contribution in [0.1, 0.15) is 30.9 Å². The summed E-state index contributed by atoms with van der Waals surface area (Å²) in [6.07, 6.45) is 5.57. The monoisotopic (exact) mass is 658 g/mol. The normalized spacial score (nSPS) is 21.2. The van der Waals surface area contributed by atoms with E-state index in [0.29, 0.717) is 47.5 Å². The summed E-state index contributed by atoms with van der Waals surface area (Å²) in [7, 11) is 1.63. The van der Waals surface area contributed by atoms with Crippen molar-refractivity contribution in [3.8, 4) is 5.75 Å². The van der Waals surface area contributed by atoms with Gasteiger partial charge in [0, 0.05) is 63.9 Å². The highest BCUT2D eigenvalue weighted by molar-refractivity contribution is 6.02. The summed E-state index contributed by atoms with van der Waals surface area (Å²) in [6, 6.07) is 13.1. The molecule has 4 saturated heterocycles. The van der Waals surface area contributed by atoms with Gasteiger partial charge in [0.25, 0.3) is 0 Å². The molecule has 5 heterocycles. The molecular weight excluding hydrogens is 615 g/mol. The van der Waals surface area contributed by atoms with E-state index in [4.69, 9.17) is 14.3 Å². The maximum absolute atomic E-state index is 13.6. The summed E-state index contributed by atoms with van der Waals surface area (Å²) in [5.74, 6) is 1.12. The van der Waals surface area contributed by atoms with Gasteiger partial charge in [0.2, 0.25) is 5.91 Å². The van der Waals surface area contributed by atoms with E-state index >= 15 is 0 Å². The first-order valence-corrected chi connectivity index (χ1v) is 16.7. The Morgan fingerprint density at radius 1 is 0.958 bits per heavy atom. The molecule has 12 nitrogen and oxygen atoms in total. The predicted molar refractivity (Wildman–Crippen MR) is 182 cm³/mol. The Labute approximate surface area is 280 Å². The highest BCUT2D eigenvalue weighted by Gasteiger charge is 2.33. The fraction of sp³-hybridized carbons (Fsp3) is 0.457. The number of piperidine rings is 1. The Balaban J connectivity index is 1.07. The van der Waals surface area contributed by atoms with Gasteiger partial charge in [-0.2, -0.15) is 0 Å². The molecule has 48 heavy (non-hydrogen) atoms. The molecule has 0 aliphatic carbocycles. The molecule has 2 N–H and O–H groups in total. The molecular formula is C35H43FN8O4. The third-order valence-corrected chi connectivity index (χ3v) is 9.87. The van der Waals surface area contributed by atoms with E-state index in [9.17, 15) is 9.18 Å². The second-order valence-corrected chi connectivity index (χ2v) is 12.6. The molecule has 2 aromatic carbocycles. The number of amides is 1. The Bertz CT molecular complexity index is 1590. The lowest BCUT2D eigenvalue weighted by molar-refractivity contribution is -0.111. The van der Waals surface area contributed by atoms with Gasteiger partial charge in [0.05, 0.1) is 56.1 Å². The average molecular weight is 659 g/mol. The van der Waals surface area contributed by atoms with Crippen molar-refractivity contribution in [1.82, 2.24) is 19.8 Å². The van der Waals surface area contributed by atoms with Crippen LogP contribution in [0.25, 0.3) is 0 Å². The van der Waals surface area contributed by atoms with Crippen molar-refractivity contribution in [1.29, 1.82) is 0 Å². The molecule has 0 radical (unpaired) electrons. The Morgan fingerprint density at radius 3 is 2.35 bits per heavy atom. The van der Waals surface area contributed by atoms with Gasteiger partial charge in [-0.05, 0) is 42.7 Å². The number of hydrogen-bond acceptors (Lipinski definition) is 11. The zero-order valence-corrected chi connectivity index (χ0v) is 27.3. The highest BCUT2D eigenvalue weighted by atomic mass is 19.1. The maximum atomic E-state index is 13.6. The summed E-state index contributed by atoms with van der Waals surface area (Å²) in [5.41, 5.74) is 3.13. The van der Waals surface area contributed by atoms with Crippen LogP contribution in [-0.4, -0.2) is 104 Å². The number of hydroxylamine groups is 1. The van der Waals surface area contributed by atoms with Gasteiger partial charge in [0.1, 0.15) is 23.7 Å². The molecule has 0 spiro atoms. The van der Waals surface area contributed by atoms with E-state index in [0.717, 1.165) is 83.0 Å². The molecule has 1 amide bonds. The number of nitrogens with one attached hydrogen (secondary N) is 2. The third-order valence-electron chi connectivity index (χ3n) is 9.87. The summed E-state index contributed by atoms with van der Waals surface area (Å²) in [6.45, 7) is 12.0. The minimum Gasteiger partial charge on any atom is -0.494 e. The van der Waals surface area contributed by atoms with Crippen molar-refractivity contribution in [2.75, 3.05) is 86.8 Å². The van der Waals surface area contributed by atoms with Gasteiger partial charge in [-0.25, -0.2) is 19.4 Å².